The van der Waals surface area contributed by atoms with Crippen LogP contribution in [0.2, 0.25) is 0 Å². The van der Waals surface area contributed by atoms with E-state index in [0.29, 0.717) is 30.6 Å². The van der Waals surface area contributed by atoms with Crippen molar-refractivity contribution in [2.45, 2.75) is 6.04 Å². The molecule has 1 fully saturated rings. The van der Waals surface area contributed by atoms with Gasteiger partial charge in [-0.15, -0.1) is 0 Å². The van der Waals surface area contributed by atoms with Gasteiger partial charge in [-0.1, -0.05) is 12.1 Å². The zero-order valence-corrected chi connectivity index (χ0v) is 16.0. The van der Waals surface area contributed by atoms with Gasteiger partial charge < -0.3 is 20.3 Å². The van der Waals surface area contributed by atoms with E-state index in [-0.39, 0.29) is 17.5 Å². The highest BCUT2D eigenvalue weighted by atomic mass is 32.1. The number of quaternary nitrogens is 1. The Kier molecular flexibility index (Phi) is 6.85. The molecule has 1 saturated heterocycles. The maximum absolute atomic E-state index is 13.3. The molecule has 0 bridgehead atoms. The van der Waals surface area contributed by atoms with Crippen LogP contribution in [0.5, 0.6) is 0 Å². The van der Waals surface area contributed by atoms with Gasteiger partial charge in [0.2, 0.25) is 0 Å². The topological polar surface area (TPSA) is 80.9 Å². The lowest BCUT2D eigenvalue weighted by molar-refractivity contribution is -0.937. The zero-order chi connectivity index (χ0) is 19.9. The van der Waals surface area contributed by atoms with Gasteiger partial charge in [-0.25, -0.2) is 4.39 Å². The maximum atomic E-state index is 13.3. The minimum absolute atomic E-state index is 0.0247. The van der Waals surface area contributed by atoms with E-state index in [1.807, 2.05) is 0 Å². The third kappa shape index (κ3) is 5.44. The fourth-order valence-electron chi connectivity index (χ4n) is 3.21. The van der Waals surface area contributed by atoms with Crippen LogP contribution in [0.4, 0.5) is 15.8 Å². The van der Waals surface area contributed by atoms with Crippen LogP contribution < -0.4 is 15.5 Å². The summed E-state index contributed by atoms with van der Waals surface area (Å²) in [6.45, 7) is 3.69. The molecule has 2 aromatic carbocycles. The molecule has 0 aliphatic carbocycles. The van der Waals surface area contributed by atoms with E-state index in [1.54, 1.807) is 24.3 Å². The number of hydrogen-bond acceptors (Lipinski definition) is 4. The summed E-state index contributed by atoms with van der Waals surface area (Å²) in [5.74, 6) is -0.261. The molecule has 0 aromatic heterocycles. The van der Waals surface area contributed by atoms with Crippen LogP contribution in [-0.2, 0) is 4.74 Å². The van der Waals surface area contributed by atoms with Crippen molar-refractivity contribution in [3.8, 4) is 0 Å². The van der Waals surface area contributed by atoms with Gasteiger partial charge in [-0.2, -0.15) is 0 Å². The molecule has 0 amide bonds. The summed E-state index contributed by atoms with van der Waals surface area (Å²) in [5, 5.41) is 17.4. The number of nitro benzene ring substituents is 1. The summed E-state index contributed by atoms with van der Waals surface area (Å²) < 4.78 is 18.8. The standard InChI is InChI=1S/C19H21FN4O3S/c20-15-3-1-14(2-4-15)18(23-9-11-27-12-10-23)13-21-19(28)22-16-5-7-17(8-6-16)24(25)26/h1-8,18H,9-13H2,(H2,21,22,28)/p+1/t18-/m1/s1. The Balaban J connectivity index is 1.62. The average Bonchev–Trinajstić information content (AvgIpc) is 2.70. The Hall–Kier alpha value is -2.62. The molecule has 0 unspecified atom stereocenters. The van der Waals surface area contributed by atoms with Gasteiger partial charge in [-0.3, -0.25) is 10.1 Å². The lowest BCUT2D eigenvalue weighted by atomic mass is 10.0. The molecule has 3 N–H and O–H groups in total. The summed E-state index contributed by atoms with van der Waals surface area (Å²) in [7, 11) is 0. The quantitative estimate of drug-likeness (QED) is 0.386. The summed E-state index contributed by atoms with van der Waals surface area (Å²) >= 11 is 5.36. The molecular weight excluding hydrogens is 383 g/mol. The summed E-state index contributed by atoms with van der Waals surface area (Å²) in [6, 6.07) is 12.7. The van der Waals surface area contributed by atoms with Crippen LogP contribution in [-0.4, -0.2) is 42.9 Å². The zero-order valence-electron chi connectivity index (χ0n) is 15.2. The van der Waals surface area contributed by atoms with Gasteiger partial charge >= 0.3 is 0 Å². The molecule has 1 heterocycles. The van der Waals surface area contributed by atoms with Crippen LogP contribution in [0.15, 0.2) is 48.5 Å². The number of hydrogen-bond donors (Lipinski definition) is 3. The SMILES string of the molecule is O=[N+]([O-])c1ccc(NC(=S)NC[C@H](c2ccc(F)cc2)[NH+]2CCOCC2)cc1. The third-order valence-electron chi connectivity index (χ3n) is 4.70. The van der Waals surface area contributed by atoms with Crippen molar-refractivity contribution in [1.82, 2.24) is 5.32 Å². The van der Waals surface area contributed by atoms with Gasteiger partial charge in [0.25, 0.3) is 5.69 Å². The molecule has 9 heteroatoms. The van der Waals surface area contributed by atoms with Crippen molar-refractivity contribution in [1.29, 1.82) is 0 Å². The molecule has 1 aliphatic rings. The predicted molar refractivity (Wildman–Crippen MR) is 108 cm³/mol. The Morgan fingerprint density at radius 2 is 1.82 bits per heavy atom. The van der Waals surface area contributed by atoms with Crippen molar-refractivity contribution in [3.05, 3.63) is 70.0 Å². The minimum Gasteiger partial charge on any atom is -0.370 e. The van der Waals surface area contributed by atoms with E-state index < -0.39 is 4.92 Å². The number of rotatable bonds is 6. The highest BCUT2D eigenvalue weighted by molar-refractivity contribution is 7.80. The number of ether oxygens (including phenoxy) is 1. The maximum Gasteiger partial charge on any atom is 0.269 e. The van der Waals surface area contributed by atoms with Gasteiger partial charge in [0.15, 0.2) is 5.11 Å². The monoisotopic (exact) mass is 405 g/mol. The molecular formula is C19H22FN4O3S+. The normalized spacial score (nSPS) is 15.6. The van der Waals surface area contributed by atoms with Crippen molar-refractivity contribution in [3.63, 3.8) is 0 Å². The molecule has 28 heavy (non-hydrogen) atoms. The first-order valence-corrected chi connectivity index (χ1v) is 9.41. The second-order valence-corrected chi connectivity index (χ2v) is 6.92. The number of nitrogens with one attached hydrogen (secondary N) is 3. The molecule has 3 rings (SSSR count). The second kappa shape index (κ2) is 9.54. The van der Waals surface area contributed by atoms with Gasteiger partial charge in [0, 0.05) is 23.4 Å². The Morgan fingerprint density at radius 1 is 1.18 bits per heavy atom. The van der Waals surface area contributed by atoms with Crippen LogP contribution in [0.3, 0.4) is 0 Å². The molecule has 0 saturated carbocycles. The third-order valence-corrected chi connectivity index (χ3v) is 4.95. The van der Waals surface area contributed by atoms with E-state index in [0.717, 1.165) is 18.7 Å². The minimum atomic E-state index is -0.446. The van der Waals surface area contributed by atoms with Gasteiger partial charge in [0.05, 0.1) is 24.7 Å². The van der Waals surface area contributed by atoms with E-state index in [1.165, 1.54) is 29.2 Å². The number of anilines is 1. The lowest BCUT2D eigenvalue weighted by Crippen LogP contribution is -3.15. The smallest absolute Gasteiger partial charge is 0.269 e. The van der Waals surface area contributed by atoms with Crippen LogP contribution in [0.25, 0.3) is 0 Å². The van der Waals surface area contributed by atoms with E-state index in [9.17, 15) is 14.5 Å². The van der Waals surface area contributed by atoms with Crippen LogP contribution in [0, 0.1) is 15.9 Å². The average molecular weight is 405 g/mol. The van der Waals surface area contributed by atoms with Gasteiger partial charge in [0.1, 0.15) is 24.9 Å². The van der Waals surface area contributed by atoms with Crippen molar-refractivity contribution < 1.29 is 19.0 Å². The second-order valence-electron chi connectivity index (χ2n) is 6.51. The van der Waals surface area contributed by atoms with Crippen molar-refractivity contribution in [2.24, 2.45) is 0 Å². The molecule has 2 aromatic rings. The number of thiocarbonyl (C=S) groups is 1. The fourth-order valence-corrected chi connectivity index (χ4v) is 3.41. The molecule has 0 radical (unpaired) electrons. The van der Waals surface area contributed by atoms with E-state index in [4.69, 9.17) is 17.0 Å². The Morgan fingerprint density at radius 3 is 2.43 bits per heavy atom. The van der Waals surface area contributed by atoms with Crippen LogP contribution in [0.1, 0.15) is 11.6 Å². The van der Waals surface area contributed by atoms with Crippen LogP contribution >= 0.6 is 12.2 Å². The highest BCUT2D eigenvalue weighted by Crippen LogP contribution is 2.15. The summed E-state index contributed by atoms with van der Waals surface area (Å²) in [4.78, 5) is 11.6. The number of nitrogens with zero attached hydrogens (tertiary/aromatic N) is 1. The number of nitro groups is 1. The first-order chi connectivity index (χ1) is 13.5. The van der Waals surface area contributed by atoms with Gasteiger partial charge in [-0.05, 0) is 36.5 Å². The van der Waals surface area contributed by atoms with E-state index in [2.05, 4.69) is 10.6 Å². The van der Waals surface area contributed by atoms with Crippen molar-refractivity contribution >= 4 is 28.7 Å². The highest BCUT2D eigenvalue weighted by Gasteiger charge is 2.26. The molecule has 0 spiro atoms. The Bertz CT molecular complexity index is 811. The number of benzene rings is 2. The number of non-ortho nitro benzene ring substituents is 1. The number of halogens is 1. The largest absolute Gasteiger partial charge is 0.370 e. The first-order valence-electron chi connectivity index (χ1n) is 9.00. The summed E-state index contributed by atoms with van der Waals surface area (Å²) in [5.41, 5.74) is 1.72. The fraction of sp³-hybridized carbons (Fsp3) is 0.316. The Labute approximate surface area is 167 Å². The number of morpholine rings is 1. The van der Waals surface area contributed by atoms with E-state index >= 15 is 0 Å². The molecule has 1 atom stereocenters. The lowest BCUT2D eigenvalue weighted by Gasteiger charge is -2.32. The molecule has 7 nitrogen and oxygen atoms in total. The summed E-state index contributed by atoms with van der Waals surface area (Å²) in [6.07, 6.45) is 0. The first kappa shape index (κ1) is 20.1. The van der Waals surface area contributed by atoms with Crippen molar-refractivity contribution in [2.75, 3.05) is 38.2 Å². The predicted octanol–water partition coefficient (Wildman–Crippen LogP) is 1.68. The molecule has 148 valence electrons. The molecule has 1 aliphatic heterocycles.